The van der Waals surface area contributed by atoms with Crippen LogP contribution in [0.25, 0.3) is 0 Å². The molecule has 1 aromatic rings. The number of esters is 1. The lowest BCUT2D eigenvalue weighted by atomic mass is 10.2. The summed E-state index contributed by atoms with van der Waals surface area (Å²) in [5.74, 6) is -0.410. The van der Waals surface area contributed by atoms with Gasteiger partial charge in [0, 0.05) is 0 Å². The lowest BCUT2D eigenvalue weighted by molar-refractivity contribution is 0.0517. The van der Waals surface area contributed by atoms with Gasteiger partial charge in [0.15, 0.2) is 5.69 Å². The maximum absolute atomic E-state index is 11.3. The maximum Gasteiger partial charge on any atom is 0.359 e. The third kappa shape index (κ3) is 2.24. The van der Waals surface area contributed by atoms with E-state index in [2.05, 4.69) is 10.2 Å². The van der Waals surface area contributed by atoms with Crippen molar-refractivity contribution in [3.8, 4) is 0 Å². The van der Waals surface area contributed by atoms with Crippen molar-refractivity contribution in [2.45, 2.75) is 20.8 Å². The molecule has 0 saturated heterocycles. The number of carbonyl (C=O) groups is 1. The van der Waals surface area contributed by atoms with Crippen LogP contribution in [0.4, 0.5) is 0 Å². The summed E-state index contributed by atoms with van der Waals surface area (Å²) in [6.45, 7) is 5.76. The molecule has 4 nitrogen and oxygen atoms in total. The first kappa shape index (κ1) is 9.64. The van der Waals surface area contributed by atoms with Crippen molar-refractivity contribution in [3.63, 3.8) is 0 Å². The van der Waals surface area contributed by atoms with E-state index in [0.29, 0.717) is 12.3 Å². The molecule has 0 amide bonds. The average Bonchev–Trinajstić information content (AvgIpc) is 2.04. The fourth-order valence-corrected chi connectivity index (χ4v) is 1.02. The van der Waals surface area contributed by atoms with Crippen LogP contribution in [0.1, 0.15) is 28.7 Å². The molecule has 0 aliphatic carbocycles. The van der Waals surface area contributed by atoms with Crippen LogP contribution in [0.15, 0.2) is 6.07 Å². The molecule has 0 fully saturated rings. The summed E-state index contributed by atoms with van der Waals surface area (Å²) in [6.07, 6.45) is 0. The third-order valence-corrected chi connectivity index (χ3v) is 1.58. The van der Waals surface area contributed by atoms with Crippen LogP contribution in [0.5, 0.6) is 0 Å². The molecule has 0 aliphatic rings. The van der Waals surface area contributed by atoms with Crippen molar-refractivity contribution in [1.29, 1.82) is 0 Å². The third-order valence-electron chi connectivity index (χ3n) is 1.58. The van der Waals surface area contributed by atoms with Gasteiger partial charge in [-0.05, 0) is 32.4 Å². The fraction of sp³-hybridized carbons (Fsp3) is 0.444. The van der Waals surface area contributed by atoms with Crippen molar-refractivity contribution in [2.75, 3.05) is 6.61 Å². The van der Waals surface area contributed by atoms with Crippen molar-refractivity contribution in [1.82, 2.24) is 10.2 Å². The minimum Gasteiger partial charge on any atom is -0.461 e. The summed E-state index contributed by atoms with van der Waals surface area (Å²) in [5, 5.41) is 7.56. The Morgan fingerprint density at radius 2 is 2.15 bits per heavy atom. The molecular formula is C9H12N2O2. The van der Waals surface area contributed by atoms with Crippen molar-refractivity contribution in [3.05, 3.63) is 23.0 Å². The van der Waals surface area contributed by atoms with E-state index in [9.17, 15) is 4.79 Å². The predicted molar refractivity (Wildman–Crippen MR) is 47.5 cm³/mol. The van der Waals surface area contributed by atoms with Crippen LogP contribution in [0, 0.1) is 13.8 Å². The van der Waals surface area contributed by atoms with E-state index in [-0.39, 0.29) is 0 Å². The Bertz CT molecular complexity index is 323. The van der Waals surface area contributed by atoms with Gasteiger partial charge in [0.1, 0.15) is 0 Å². The average molecular weight is 180 g/mol. The van der Waals surface area contributed by atoms with E-state index in [1.165, 1.54) is 0 Å². The van der Waals surface area contributed by atoms with Crippen molar-refractivity contribution < 1.29 is 9.53 Å². The second-order valence-electron chi connectivity index (χ2n) is 2.74. The van der Waals surface area contributed by atoms with E-state index in [1.807, 2.05) is 13.8 Å². The van der Waals surface area contributed by atoms with Gasteiger partial charge in [-0.1, -0.05) is 0 Å². The maximum atomic E-state index is 11.3. The molecule has 0 bridgehead atoms. The van der Waals surface area contributed by atoms with Gasteiger partial charge in [0.25, 0.3) is 0 Å². The van der Waals surface area contributed by atoms with E-state index in [4.69, 9.17) is 4.74 Å². The normalized spacial score (nSPS) is 9.77. The predicted octanol–water partition coefficient (Wildman–Crippen LogP) is 1.27. The Hall–Kier alpha value is -1.45. The molecule has 0 aliphatic heterocycles. The van der Waals surface area contributed by atoms with Gasteiger partial charge >= 0.3 is 5.97 Å². The zero-order valence-corrected chi connectivity index (χ0v) is 8.00. The summed E-state index contributed by atoms with van der Waals surface area (Å²) in [7, 11) is 0. The van der Waals surface area contributed by atoms with Gasteiger partial charge in [0.2, 0.25) is 0 Å². The van der Waals surface area contributed by atoms with E-state index in [0.717, 1.165) is 11.3 Å². The summed E-state index contributed by atoms with van der Waals surface area (Å²) in [4.78, 5) is 11.3. The number of ether oxygens (including phenoxy) is 1. The molecule has 4 heteroatoms. The van der Waals surface area contributed by atoms with Gasteiger partial charge in [0.05, 0.1) is 12.3 Å². The Morgan fingerprint density at radius 3 is 2.69 bits per heavy atom. The smallest absolute Gasteiger partial charge is 0.359 e. The van der Waals surface area contributed by atoms with Crippen LogP contribution < -0.4 is 0 Å². The lowest BCUT2D eigenvalue weighted by Gasteiger charge is -2.03. The molecule has 0 saturated carbocycles. The molecule has 1 aromatic heterocycles. The molecule has 0 N–H and O–H groups in total. The van der Waals surface area contributed by atoms with Crippen LogP contribution in [-0.2, 0) is 4.74 Å². The Balaban J connectivity index is 2.95. The first-order valence-electron chi connectivity index (χ1n) is 4.13. The van der Waals surface area contributed by atoms with Gasteiger partial charge in [-0.2, -0.15) is 5.10 Å². The largest absolute Gasteiger partial charge is 0.461 e. The first-order chi connectivity index (χ1) is 6.15. The number of hydrogen-bond acceptors (Lipinski definition) is 4. The molecule has 0 atom stereocenters. The number of hydrogen-bond donors (Lipinski definition) is 0. The highest BCUT2D eigenvalue weighted by atomic mass is 16.5. The highest BCUT2D eigenvalue weighted by molar-refractivity contribution is 5.88. The highest BCUT2D eigenvalue weighted by Gasteiger charge is 2.11. The Labute approximate surface area is 76.9 Å². The SMILES string of the molecule is CCOC(=O)c1nnc(C)cc1C. The lowest BCUT2D eigenvalue weighted by Crippen LogP contribution is -2.10. The number of rotatable bonds is 2. The minimum absolute atomic E-state index is 0.299. The van der Waals surface area contributed by atoms with Gasteiger partial charge < -0.3 is 4.74 Å². The quantitative estimate of drug-likeness (QED) is 0.643. The van der Waals surface area contributed by atoms with Crippen molar-refractivity contribution >= 4 is 5.97 Å². The number of nitrogens with zero attached hydrogens (tertiary/aromatic N) is 2. The van der Waals surface area contributed by atoms with Crippen LogP contribution in [0.2, 0.25) is 0 Å². The van der Waals surface area contributed by atoms with Gasteiger partial charge in [-0.15, -0.1) is 5.10 Å². The Kier molecular flexibility index (Phi) is 2.95. The summed E-state index contributed by atoms with van der Waals surface area (Å²) in [6, 6.07) is 1.80. The summed E-state index contributed by atoms with van der Waals surface area (Å²) in [5.41, 5.74) is 1.89. The topological polar surface area (TPSA) is 52.1 Å². The standard InChI is InChI=1S/C9H12N2O2/c1-4-13-9(12)8-6(2)5-7(3)10-11-8/h5H,4H2,1-3H3. The molecular weight excluding hydrogens is 168 g/mol. The molecule has 1 heterocycles. The Morgan fingerprint density at radius 1 is 1.46 bits per heavy atom. The molecule has 1 rings (SSSR count). The zero-order chi connectivity index (χ0) is 9.84. The van der Waals surface area contributed by atoms with Gasteiger partial charge in [-0.3, -0.25) is 0 Å². The van der Waals surface area contributed by atoms with Gasteiger partial charge in [-0.25, -0.2) is 4.79 Å². The molecule has 70 valence electrons. The van der Waals surface area contributed by atoms with Crippen LogP contribution >= 0.6 is 0 Å². The molecule has 0 spiro atoms. The number of aromatic nitrogens is 2. The van der Waals surface area contributed by atoms with E-state index >= 15 is 0 Å². The molecule has 0 radical (unpaired) electrons. The zero-order valence-electron chi connectivity index (χ0n) is 8.00. The molecule has 13 heavy (non-hydrogen) atoms. The monoisotopic (exact) mass is 180 g/mol. The summed E-state index contributed by atoms with van der Waals surface area (Å²) >= 11 is 0. The number of carbonyl (C=O) groups excluding carboxylic acids is 1. The number of aryl methyl sites for hydroxylation is 2. The van der Waals surface area contributed by atoms with E-state index < -0.39 is 5.97 Å². The first-order valence-corrected chi connectivity index (χ1v) is 4.13. The minimum atomic E-state index is -0.410. The highest BCUT2D eigenvalue weighted by Crippen LogP contribution is 2.05. The summed E-state index contributed by atoms with van der Waals surface area (Å²) < 4.78 is 4.81. The molecule has 0 aromatic carbocycles. The van der Waals surface area contributed by atoms with Crippen molar-refractivity contribution in [2.24, 2.45) is 0 Å². The van der Waals surface area contributed by atoms with Crippen LogP contribution in [0.3, 0.4) is 0 Å². The second-order valence-corrected chi connectivity index (χ2v) is 2.74. The van der Waals surface area contributed by atoms with Crippen LogP contribution in [-0.4, -0.2) is 22.8 Å². The second kappa shape index (κ2) is 3.98. The molecule has 0 unspecified atom stereocenters. The fourth-order valence-electron chi connectivity index (χ4n) is 1.02. The van der Waals surface area contributed by atoms with E-state index in [1.54, 1.807) is 13.0 Å².